The van der Waals surface area contributed by atoms with Crippen LogP contribution in [0.3, 0.4) is 0 Å². The van der Waals surface area contributed by atoms with Gasteiger partial charge < -0.3 is 10.6 Å². The van der Waals surface area contributed by atoms with E-state index in [-0.39, 0.29) is 11.8 Å². The molecule has 1 rings (SSSR count). The Morgan fingerprint density at radius 3 is 2.65 bits per heavy atom. The number of rotatable bonds is 5. The maximum Gasteiger partial charge on any atom is 0.230 e. The third kappa shape index (κ3) is 4.22. The highest BCUT2D eigenvalue weighted by Crippen LogP contribution is 2.21. The van der Waals surface area contributed by atoms with E-state index < -0.39 is 0 Å². The van der Waals surface area contributed by atoms with Crippen molar-refractivity contribution >= 4 is 23.5 Å². The fourth-order valence-corrected chi connectivity index (χ4v) is 1.89. The molecule has 0 spiro atoms. The van der Waals surface area contributed by atoms with E-state index in [0.717, 1.165) is 16.7 Å². The number of hydrogen-bond acceptors (Lipinski definition) is 5. The lowest BCUT2D eigenvalue weighted by molar-refractivity contribution is -0.118. The highest BCUT2D eigenvalue weighted by atomic mass is 32.2. The van der Waals surface area contributed by atoms with Crippen molar-refractivity contribution in [3.63, 3.8) is 0 Å². The molecule has 2 N–H and O–H groups in total. The zero-order chi connectivity index (χ0) is 12.8. The number of anilines is 1. The summed E-state index contributed by atoms with van der Waals surface area (Å²) in [5, 5.41) is 6.40. The molecule has 1 aromatic rings. The van der Waals surface area contributed by atoms with Gasteiger partial charge in [0.1, 0.15) is 16.7 Å². The second kappa shape index (κ2) is 6.44. The van der Waals surface area contributed by atoms with Crippen molar-refractivity contribution in [2.75, 3.05) is 25.2 Å². The standard InChI is InChI=1S/C11H18N4OS/c1-7(2)11-14-8(12-3)5-10(15-11)17-6-9(16)13-4/h5,7H,6H2,1-4H3,(H,13,16)(H,12,14,15). The average molecular weight is 254 g/mol. The van der Waals surface area contributed by atoms with Gasteiger partial charge in [-0.3, -0.25) is 4.79 Å². The smallest absolute Gasteiger partial charge is 0.230 e. The van der Waals surface area contributed by atoms with Crippen LogP contribution < -0.4 is 10.6 Å². The number of nitrogens with zero attached hydrogens (tertiary/aromatic N) is 2. The second-order valence-corrected chi connectivity index (χ2v) is 4.81. The number of hydrogen-bond donors (Lipinski definition) is 2. The molecule has 0 unspecified atom stereocenters. The van der Waals surface area contributed by atoms with Crippen molar-refractivity contribution < 1.29 is 4.79 Å². The summed E-state index contributed by atoms with van der Waals surface area (Å²) in [5.41, 5.74) is 0. The zero-order valence-electron chi connectivity index (χ0n) is 10.6. The minimum absolute atomic E-state index is 0.00860. The summed E-state index contributed by atoms with van der Waals surface area (Å²) in [6.45, 7) is 4.09. The summed E-state index contributed by atoms with van der Waals surface area (Å²) in [5.74, 6) is 2.20. The third-order valence-electron chi connectivity index (χ3n) is 2.12. The van der Waals surface area contributed by atoms with Gasteiger partial charge in [-0.15, -0.1) is 0 Å². The first-order chi connectivity index (χ1) is 8.06. The Morgan fingerprint density at radius 2 is 2.12 bits per heavy atom. The van der Waals surface area contributed by atoms with Crippen molar-refractivity contribution in [1.29, 1.82) is 0 Å². The van der Waals surface area contributed by atoms with Crippen LogP contribution in [-0.4, -0.2) is 35.7 Å². The van der Waals surface area contributed by atoms with Gasteiger partial charge in [-0.2, -0.15) is 0 Å². The first kappa shape index (κ1) is 13.8. The van der Waals surface area contributed by atoms with Crippen molar-refractivity contribution in [3.8, 4) is 0 Å². The summed E-state index contributed by atoms with van der Waals surface area (Å²) in [6.07, 6.45) is 0. The monoisotopic (exact) mass is 254 g/mol. The van der Waals surface area contributed by atoms with Crippen molar-refractivity contribution in [2.24, 2.45) is 0 Å². The van der Waals surface area contributed by atoms with E-state index in [9.17, 15) is 4.79 Å². The van der Waals surface area contributed by atoms with E-state index in [1.54, 1.807) is 7.05 Å². The van der Waals surface area contributed by atoms with Gasteiger partial charge in [0.15, 0.2) is 0 Å². The maximum atomic E-state index is 11.2. The fourth-order valence-electron chi connectivity index (χ4n) is 1.11. The first-order valence-electron chi connectivity index (χ1n) is 5.47. The number of carbonyl (C=O) groups is 1. The fraction of sp³-hybridized carbons (Fsp3) is 0.545. The van der Waals surface area contributed by atoms with Gasteiger partial charge in [-0.05, 0) is 0 Å². The zero-order valence-corrected chi connectivity index (χ0v) is 11.4. The summed E-state index contributed by atoms with van der Waals surface area (Å²) >= 11 is 1.41. The van der Waals surface area contributed by atoms with Crippen LogP contribution in [0.25, 0.3) is 0 Å². The van der Waals surface area contributed by atoms with Gasteiger partial charge in [-0.25, -0.2) is 9.97 Å². The molecule has 6 heteroatoms. The van der Waals surface area contributed by atoms with Crippen LogP contribution in [0, 0.1) is 0 Å². The quantitative estimate of drug-likeness (QED) is 0.615. The normalized spacial score (nSPS) is 10.4. The van der Waals surface area contributed by atoms with Gasteiger partial charge >= 0.3 is 0 Å². The van der Waals surface area contributed by atoms with E-state index in [4.69, 9.17) is 0 Å². The van der Waals surface area contributed by atoms with Crippen molar-refractivity contribution in [1.82, 2.24) is 15.3 Å². The van der Waals surface area contributed by atoms with Crippen molar-refractivity contribution in [3.05, 3.63) is 11.9 Å². The van der Waals surface area contributed by atoms with Crippen LogP contribution in [0.2, 0.25) is 0 Å². The maximum absolute atomic E-state index is 11.2. The Morgan fingerprint density at radius 1 is 1.41 bits per heavy atom. The molecule has 17 heavy (non-hydrogen) atoms. The molecule has 1 heterocycles. The molecule has 0 saturated heterocycles. The topological polar surface area (TPSA) is 66.9 Å². The largest absolute Gasteiger partial charge is 0.373 e. The van der Waals surface area contributed by atoms with Crippen LogP contribution >= 0.6 is 11.8 Å². The Bertz CT molecular complexity index is 395. The van der Waals surface area contributed by atoms with Gasteiger partial charge in [0.2, 0.25) is 5.91 Å². The Kier molecular flexibility index (Phi) is 5.21. The molecule has 0 saturated carbocycles. The van der Waals surface area contributed by atoms with Crippen LogP contribution in [0.1, 0.15) is 25.6 Å². The van der Waals surface area contributed by atoms with E-state index >= 15 is 0 Å². The van der Waals surface area contributed by atoms with E-state index in [0.29, 0.717) is 5.75 Å². The first-order valence-corrected chi connectivity index (χ1v) is 6.45. The lowest BCUT2D eigenvalue weighted by atomic mass is 10.2. The Balaban J connectivity index is 2.83. The molecular formula is C11H18N4OS. The van der Waals surface area contributed by atoms with Crippen LogP contribution in [0.5, 0.6) is 0 Å². The summed E-state index contributed by atoms with van der Waals surface area (Å²) in [7, 11) is 3.45. The SMILES string of the molecule is CNC(=O)CSc1cc(NC)nc(C(C)C)n1. The molecule has 0 atom stereocenters. The molecule has 1 aromatic heterocycles. The number of amides is 1. The molecular weight excluding hydrogens is 236 g/mol. The highest BCUT2D eigenvalue weighted by molar-refractivity contribution is 7.99. The molecule has 0 bridgehead atoms. The van der Waals surface area contributed by atoms with Gasteiger partial charge in [0.05, 0.1) is 5.75 Å². The van der Waals surface area contributed by atoms with E-state index in [1.165, 1.54) is 11.8 Å². The molecule has 0 aliphatic rings. The lowest BCUT2D eigenvalue weighted by Gasteiger charge is -2.09. The molecule has 0 aliphatic heterocycles. The van der Waals surface area contributed by atoms with Gasteiger partial charge in [0, 0.05) is 26.1 Å². The lowest BCUT2D eigenvalue weighted by Crippen LogP contribution is -2.19. The minimum atomic E-state index is -0.00860. The van der Waals surface area contributed by atoms with E-state index in [2.05, 4.69) is 20.6 Å². The van der Waals surface area contributed by atoms with Crippen LogP contribution in [0.4, 0.5) is 5.82 Å². The second-order valence-electron chi connectivity index (χ2n) is 3.82. The summed E-state index contributed by atoms with van der Waals surface area (Å²) in [6, 6.07) is 1.85. The number of nitrogens with one attached hydrogen (secondary N) is 2. The number of aromatic nitrogens is 2. The number of thioether (sulfide) groups is 1. The predicted molar refractivity (Wildman–Crippen MR) is 70.5 cm³/mol. The molecule has 1 amide bonds. The van der Waals surface area contributed by atoms with Crippen LogP contribution in [-0.2, 0) is 4.79 Å². The van der Waals surface area contributed by atoms with Crippen molar-refractivity contribution in [2.45, 2.75) is 24.8 Å². The van der Waals surface area contributed by atoms with E-state index in [1.807, 2.05) is 27.0 Å². The van der Waals surface area contributed by atoms with Gasteiger partial charge in [-0.1, -0.05) is 25.6 Å². The highest BCUT2D eigenvalue weighted by Gasteiger charge is 2.09. The Labute approximate surface area is 106 Å². The molecule has 94 valence electrons. The van der Waals surface area contributed by atoms with Crippen LogP contribution in [0.15, 0.2) is 11.1 Å². The minimum Gasteiger partial charge on any atom is -0.373 e. The molecule has 0 aliphatic carbocycles. The van der Waals surface area contributed by atoms with Gasteiger partial charge in [0.25, 0.3) is 0 Å². The predicted octanol–water partition coefficient (Wildman–Crippen LogP) is 1.48. The molecule has 0 aromatic carbocycles. The Hall–Kier alpha value is -1.30. The average Bonchev–Trinajstić information content (AvgIpc) is 2.35. The number of carbonyl (C=O) groups excluding carboxylic acids is 1. The molecule has 0 radical (unpaired) electrons. The summed E-state index contributed by atoms with van der Waals surface area (Å²) in [4.78, 5) is 19.9. The molecule has 0 fully saturated rings. The summed E-state index contributed by atoms with van der Waals surface area (Å²) < 4.78 is 0. The molecule has 5 nitrogen and oxygen atoms in total. The third-order valence-corrected chi connectivity index (χ3v) is 3.03.